The molecule has 0 aliphatic rings. The molecule has 2 amide bonds. The predicted molar refractivity (Wildman–Crippen MR) is 108 cm³/mol. The highest BCUT2D eigenvalue weighted by Gasteiger charge is 2.18. The van der Waals surface area contributed by atoms with Crippen LogP contribution in [-0.2, 0) is 11.3 Å². The van der Waals surface area contributed by atoms with Gasteiger partial charge < -0.3 is 10.6 Å². The number of aryl methyl sites for hydroxylation is 2. The third-order valence-corrected chi connectivity index (χ3v) is 4.80. The van der Waals surface area contributed by atoms with Crippen molar-refractivity contribution in [2.75, 3.05) is 10.6 Å². The summed E-state index contributed by atoms with van der Waals surface area (Å²) < 4.78 is 15.0. The molecule has 3 aromatic rings. The standard InChI is InChI=1S/C21H22FN5O2/c1-12-6-5-7-18(14(12)3)24-19(28)11-27-15(4)20(25-26-27)21(29)23-16-9-8-13(2)17(22)10-16/h5-10H,11H2,1-4H3,(H,23,29)(H,24,28). The number of anilines is 2. The van der Waals surface area contributed by atoms with E-state index < -0.39 is 11.7 Å². The highest BCUT2D eigenvalue weighted by atomic mass is 19.1. The maximum absolute atomic E-state index is 13.7. The van der Waals surface area contributed by atoms with Gasteiger partial charge in [0, 0.05) is 11.4 Å². The summed E-state index contributed by atoms with van der Waals surface area (Å²) in [6.07, 6.45) is 0. The van der Waals surface area contributed by atoms with Gasteiger partial charge in [0.25, 0.3) is 5.91 Å². The number of carbonyl (C=O) groups is 2. The van der Waals surface area contributed by atoms with Gasteiger partial charge in [0.1, 0.15) is 12.4 Å². The van der Waals surface area contributed by atoms with Crippen LogP contribution in [0, 0.1) is 33.5 Å². The molecule has 3 rings (SSSR count). The van der Waals surface area contributed by atoms with E-state index in [2.05, 4.69) is 20.9 Å². The number of hydrogen-bond acceptors (Lipinski definition) is 4. The van der Waals surface area contributed by atoms with Crippen LogP contribution in [0.4, 0.5) is 15.8 Å². The minimum Gasteiger partial charge on any atom is -0.324 e. The molecule has 2 aromatic carbocycles. The van der Waals surface area contributed by atoms with Crippen molar-refractivity contribution in [1.29, 1.82) is 0 Å². The SMILES string of the molecule is Cc1ccc(NC(=O)c2nnn(CC(=O)Nc3cccc(C)c3C)c2C)cc1F. The highest BCUT2D eigenvalue weighted by molar-refractivity contribution is 6.03. The Kier molecular flexibility index (Phi) is 5.72. The van der Waals surface area contributed by atoms with Crippen molar-refractivity contribution in [1.82, 2.24) is 15.0 Å². The molecule has 0 radical (unpaired) electrons. The lowest BCUT2D eigenvalue weighted by Crippen LogP contribution is -2.21. The summed E-state index contributed by atoms with van der Waals surface area (Å²) in [6.45, 7) is 7.10. The molecule has 0 aliphatic heterocycles. The Bertz CT molecular complexity index is 1090. The van der Waals surface area contributed by atoms with Gasteiger partial charge in [-0.2, -0.15) is 0 Å². The zero-order valence-electron chi connectivity index (χ0n) is 16.7. The molecule has 0 atom stereocenters. The lowest BCUT2D eigenvalue weighted by atomic mass is 10.1. The Morgan fingerprint density at radius 3 is 2.52 bits per heavy atom. The van der Waals surface area contributed by atoms with Crippen LogP contribution >= 0.6 is 0 Å². The van der Waals surface area contributed by atoms with Gasteiger partial charge in [-0.05, 0) is 62.6 Å². The van der Waals surface area contributed by atoms with Crippen LogP contribution in [0.1, 0.15) is 32.9 Å². The van der Waals surface area contributed by atoms with Crippen LogP contribution in [-0.4, -0.2) is 26.8 Å². The fraction of sp³-hybridized carbons (Fsp3) is 0.238. The summed E-state index contributed by atoms with van der Waals surface area (Å²) in [4.78, 5) is 24.8. The third kappa shape index (κ3) is 4.48. The van der Waals surface area contributed by atoms with Crippen molar-refractivity contribution in [3.05, 3.63) is 70.3 Å². The second-order valence-electron chi connectivity index (χ2n) is 6.89. The monoisotopic (exact) mass is 395 g/mol. The van der Waals surface area contributed by atoms with Crippen molar-refractivity contribution in [2.24, 2.45) is 0 Å². The van der Waals surface area contributed by atoms with Crippen molar-refractivity contribution < 1.29 is 14.0 Å². The van der Waals surface area contributed by atoms with E-state index in [1.54, 1.807) is 26.0 Å². The Morgan fingerprint density at radius 2 is 1.79 bits per heavy atom. The van der Waals surface area contributed by atoms with Crippen LogP contribution in [0.3, 0.4) is 0 Å². The zero-order chi connectivity index (χ0) is 21.1. The zero-order valence-corrected chi connectivity index (χ0v) is 16.7. The van der Waals surface area contributed by atoms with Gasteiger partial charge in [0.05, 0.1) is 5.69 Å². The molecule has 0 aliphatic carbocycles. The molecule has 0 fully saturated rings. The van der Waals surface area contributed by atoms with Gasteiger partial charge in [-0.25, -0.2) is 9.07 Å². The second kappa shape index (κ2) is 8.22. The fourth-order valence-electron chi connectivity index (χ4n) is 2.79. The largest absolute Gasteiger partial charge is 0.324 e. The molecule has 0 spiro atoms. The lowest BCUT2D eigenvalue weighted by molar-refractivity contribution is -0.117. The number of benzene rings is 2. The maximum atomic E-state index is 13.7. The molecule has 2 N–H and O–H groups in total. The van der Waals surface area contributed by atoms with Crippen LogP contribution in [0.25, 0.3) is 0 Å². The molecular formula is C21H22FN5O2. The van der Waals surface area contributed by atoms with Crippen LogP contribution < -0.4 is 10.6 Å². The quantitative estimate of drug-likeness (QED) is 0.692. The van der Waals surface area contributed by atoms with Gasteiger partial charge >= 0.3 is 0 Å². The number of aromatic nitrogens is 3. The second-order valence-corrected chi connectivity index (χ2v) is 6.89. The van der Waals surface area contributed by atoms with Crippen molar-refractivity contribution in [3.8, 4) is 0 Å². The van der Waals surface area contributed by atoms with E-state index in [-0.39, 0.29) is 18.1 Å². The smallest absolute Gasteiger partial charge is 0.278 e. The minimum atomic E-state index is -0.521. The van der Waals surface area contributed by atoms with Crippen LogP contribution in [0.5, 0.6) is 0 Å². The average molecular weight is 395 g/mol. The summed E-state index contributed by atoms with van der Waals surface area (Å²) in [5.74, 6) is -1.21. The molecule has 0 saturated heterocycles. The van der Waals surface area contributed by atoms with Gasteiger partial charge in [-0.3, -0.25) is 9.59 Å². The summed E-state index contributed by atoms with van der Waals surface area (Å²) in [5.41, 5.74) is 4.11. The van der Waals surface area contributed by atoms with Crippen LogP contribution in [0.15, 0.2) is 36.4 Å². The van der Waals surface area contributed by atoms with Gasteiger partial charge in [0.15, 0.2) is 5.69 Å². The van der Waals surface area contributed by atoms with Crippen molar-refractivity contribution in [3.63, 3.8) is 0 Å². The van der Waals surface area contributed by atoms with E-state index in [1.807, 2.05) is 32.0 Å². The van der Waals surface area contributed by atoms with Gasteiger partial charge in [-0.15, -0.1) is 5.10 Å². The topological polar surface area (TPSA) is 88.9 Å². The predicted octanol–water partition coefficient (Wildman–Crippen LogP) is 3.54. The Balaban J connectivity index is 1.69. The maximum Gasteiger partial charge on any atom is 0.278 e. The number of nitrogens with zero attached hydrogens (tertiary/aromatic N) is 3. The molecule has 1 heterocycles. The van der Waals surface area contributed by atoms with E-state index in [1.165, 1.54) is 10.7 Å². The summed E-state index contributed by atoms with van der Waals surface area (Å²) in [6, 6.07) is 10.1. The summed E-state index contributed by atoms with van der Waals surface area (Å²) in [7, 11) is 0. The van der Waals surface area contributed by atoms with E-state index in [9.17, 15) is 14.0 Å². The van der Waals surface area contributed by atoms with E-state index in [0.29, 0.717) is 16.9 Å². The lowest BCUT2D eigenvalue weighted by Gasteiger charge is -2.10. The van der Waals surface area contributed by atoms with Crippen molar-refractivity contribution >= 4 is 23.2 Å². The first kappa shape index (κ1) is 20.2. The number of halogens is 1. The Hall–Kier alpha value is -3.55. The van der Waals surface area contributed by atoms with Crippen LogP contribution in [0.2, 0.25) is 0 Å². The number of hydrogen-bond donors (Lipinski definition) is 2. The molecule has 0 unspecified atom stereocenters. The van der Waals surface area contributed by atoms with E-state index in [4.69, 9.17) is 0 Å². The molecular weight excluding hydrogens is 373 g/mol. The normalized spacial score (nSPS) is 10.7. The minimum absolute atomic E-state index is 0.0746. The number of amides is 2. The first-order valence-corrected chi connectivity index (χ1v) is 9.10. The molecule has 29 heavy (non-hydrogen) atoms. The molecule has 7 nitrogen and oxygen atoms in total. The fourth-order valence-corrected chi connectivity index (χ4v) is 2.79. The molecule has 8 heteroatoms. The first-order chi connectivity index (χ1) is 13.8. The molecule has 0 bridgehead atoms. The average Bonchev–Trinajstić information content (AvgIpc) is 3.02. The third-order valence-electron chi connectivity index (χ3n) is 4.80. The number of nitrogens with one attached hydrogen (secondary N) is 2. The first-order valence-electron chi connectivity index (χ1n) is 9.10. The molecule has 1 aromatic heterocycles. The molecule has 0 saturated carbocycles. The van der Waals surface area contributed by atoms with Gasteiger partial charge in [-0.1, -0.05) is 23.4 Å². The summed E-state index contributed by atoms with van der Waals surface area (Å²) >= 11 is 0. The van der Waals surface area contributed by atoms with E-state index >= 15 is 0 Å². The molecule has 150 valence electrons. The summed E-state index contributed by atoms with van der Waals surface area (Å²) in [5, 5.41) is 13.2. The number of carbonyl (C=O) groups excluding carboxylic acids is 2. The number of rotatable bonds is 5. The highest BCUT2D eigenvalue weighted by Crippen LogP contribution is 2.18. The Morgan fingerprint density at radius 1 is 1.03 bits per heavy atom. The Labute approximate surface area is 167 Å². The van der Waals surface area contributed by atoms with Gasteiger partial charge in [0.2, 0.25) is 5.91 Å². The van der Waals surface area contributed by atoms with E-state index in [0.717, 1.165) is 16.8 Å². The van der Waals surface area contributed by atoms with Crippen molar-refractivity contribution in [2.45, 2.75) is 34.2 Å².